The van der Waals surface area contributed by atoms with E-state index in [-0.39, 0.29) is 33.3 Å². The number of hydrogen-bond acceptors (Lipinski definition) is 4. The van der Waals surface area contributed by atoms with E-state index >= 15 is 0 Å². The van der Waals surface area contributed by atoms with E-state index in [1.807, 2.05) is 13.8 Å². The van der Waals surface area contributed by atoms with Crippen LogP contribution in [0.25, 0.3) is 22.0 Å². The Hall–Kier alpha value is -3.56. The molecular formula is C25H18Cl2F3NO5. The van der Waals surface area contributed by atoms with Crippen LogP contribution < -0.4 is 14.2 Å². The number of ether oxygens (including phenoxy) is 3. The Labute approximate surface area is 213 Å². The molecule has 11 heteroatoms. The van der Waals surface area contributed by atoms with Gasteiger partial charge in [0.1, 0.15) is 22.9 Å². The predicted molar refractivity (Wildman–Crippen MR) is 130 cm³/mol. The maximum absolute atomic E-state index is 12.8. The van der Waals surface area contributed by atoms with Gasteiger partial charge in [-0.1, -0.05) is 35.3 Å². The number of fused-ring (bicyclic) bond motifs is 1. The highest BCUT2D eigenvalue weighted by atomic mass is 35.5. The Kier molecular flexibility index (Phi) is 6.97. The number of aromatic carboxylic acids is 1. The maximum Gasteiger partial charge on any atom is 0.573 e. The monoisotopic (exact) mass is 539 g/mol. The Bertz CT molecular complexity index is 1430. The normalized spacial score (nSPS) is 11.7. The SMILES string of the molecule is CC(C)Oc1ccc(-c2c(Oc3ccc(Cl)c(OC(F)(F)F)c3)ccc3[nH]c(C(=O)O)c(Cl)c23)cc1. The van der Waals surface area contributed by atoms with E-state index in [4.69, 9.17) is 32.7 Å². The lowest BCUT2D eigenvalue weighted by Gasteiger charge is -2.16. The van der Waals surface area contributed by atoms with Crippen LogP contribution in [0, 0.1) is 0 Å². The van der Waals surface area contributed by atoms with Crippen molar-refractivity contribution < 1.29 is 37.3 Å². The first-order valence-corrected chi connectivity index (χ1v) is 11.3. The van der Waals surface area contributed by atoms with Crippen LogP contribution in [0.2, 0.25) is 10.0 Å². The predicted octanol–water partition coefficient (Wildman–Crippen LogP) is 8.32. The first-order chi connectivity index (χ1) is 16.9. The fourth-order valence-electron chi connectivity index (χ4n) is 3.60. The van der Waals surface area contributed by atoms with Crippen LogP contribution in [0.3, 0.4) is 0 Å². The third kappa shape index (κ3) is 5.47. The Balaban J connectivity index is 1.86. The van der Waals surface area contributed by atoms with Crippen molar-refractivity contribution in [3.63, 3.8) is 0 Å². The summed E-state index contributed by atoms with van der Waals surface area (Å²) in [6.07, 6.45) is -4.99. The molecule has 3 aromatic carbocycles. The summed E-state index contributed by atoms with van der Waals surface area (Å²) in [5.74, 6) is -1.06. The standard InChI is InChI=1S/C25H18Cl2F3NO5/c1-12(2)34-14-5-3-13(4-6-14)20-18(10-9-17-21(20)22(27)23(31-17)24(32)33)35-15-7-8-16(26)19(11-15)36-25(28,29)30/h3-12,31H,1-2H3,(H,32,33). The first-order valence-electron chi connectivity index (χ1n) is 10.5. The van der Waals surface area contributed by atoms with Crippen molar-refractivity contribution in [2.45, 2.75) is 26.3 Å². The van der Waals surface area contributed by atoms with Crippen LogP contribution in [0.5, 0.6) is 23.0 Å². The largest absolute Gasteiger partial charge is 0.573 e. The van der Waals surface area contributed by atoms with Gasteiger partial charge in [-0.05, 0) is 55.8 Å². The number of carboxylic acid groups (broad SMARTS) is 1. The molecule has 0 amide bonds. The average Bonchev–Trinajstić information content (AvgIpc) is 3.12. The Morgan fingerprint density at radius 1 is 0.972 bits per heavy atom. The summed E-state index contributed by atoms with van der Waals surface area (Å²) in [4.78, 5) is 14.4. The molecule has 1 aromatic heterocycles. The van der Waals surface area contributed by atoms with Gasteiger partial charge in [-0.3, -0.25) is 0 Å². The fraction of sp³-hybridized carbons (Fsp3) is 0.160. The molecule has 188 valence electrons. The molecule has 1 heterocycles. The summed E-state index contributed by atoms with van der Waals surface area (Å²) >= 11 is 12.3. The van der Waals surface area contributed by atoms with Crippen molar-refractivity contribution in [2.75, 3.05) is 0 Å². The van der Waals surface area contributed by atoms with Gasteiger partial charge in [-0.2, -0.15) is 0 Å². The molecule has 0 saturated carbocycles. The topological polar surface area (TPSA) is 80.8 Å². The molecule has 0 fully saturated rings. The van der Waals surface area contributed by atoms with Gasteiger partial charge in [0.2, 0.25) is 0 Å². The molecule has 0 aliphatic carbocycles. The maximum atomic E-state index is 12.8. The summed E-state index contributed by atoms with van der Waals surface area (Å²) in [6.45, 7) is 3.77. The number of carbonyl (C=O) groups is 1. The van der Waals surface area contributed by atoms with Crippen molar-refractivity contribution in [1.82, 2.24) is 4.98 Å². The van der Waals surface area contributed by atoms with Crippen molar-refractivity contribution in [1.29, 1.82) is 0 Å². The number of rotatable bonds is 7. The van der Waals surface area contributed by atoms with E-state index in [0.717, 1.165) is 6.07 Å². The summed E-state index contributed by atoms with van der Waals surface area (Å²) < 4.78 is 53.9. The van der Waals surface area contributed by atoms with Crippen molar-refractivity contribution in [2.24, 2.45) is 0 Å². The van der Waals surface area contributed by atoms with Crippen LogP contribution in [0.4, 0.5) is 13.2 Å². The average molecular weight is 540 g/mol. The molecule has 0 radical (unpaired) electrons. The van der Waals surface area contributed by atoms with Gasteiger partial charge in [-0.15, -0.1) is 13.2 Å². The van der Waals surface area contributed by atoms with Crippen molar-refractivity contribution in [3.8, 4) is 34.1 Å². The lowest BCUT2D eigenvalue weighted by Crippen LogP contribution is -2.17. The van der Waals surface area contributed by atoms with Crippen LogP contribution in [0.15, 0.2) is 54.6 Å². The highest BCUT2D eigenvalue weighted by Crippen LogP contribution is 2.44. The molecule has 4 aromatic rings. The van der Waals surface area contributed by atoms with Crippen LogP contribution >= 0.6 is 23.2 Å². The second kappa shape index (κ2) is 9.83. The van der Waals surface area contributed by atoms with Crippen LogP contribution in [-0.2, 0) is 0 Å². The number of alkyl halides is 3. The summed E-state index contributed by atoms with van der Waals surface area (Å²) in [5, 5.41) is 9.59. The smallest absolute Gasteiger partial charge is 0.491 e. The zero-order valence-corrected chi connectivity index (χ0v) is 20.3. The van der Waals surface area contributed by atoms with Gasteiger partial charge in [0.05, 0.1) is 16.1 Å². The quantitative estimate of drug-likeness (QED) is 0.246. The summed E-state index contributed by atoms with van der Waals surface area (Å²) in [5.41, 5.74) is 1.24. The molecular weight excluding hydrogens is 522 g/mol. The zero-order chi connectivity index (χ0) is 26.2. The first kappa shape index (κ1) is 25.5. The van der Waals surface area contributed by atoms with Gasteiger partial charge < -0.3 is 24.3 Å². The number of hydrogen-bond donors (Lipinski definition) is 2. The number of aromatic amines is 1. The summed E-state index contributed by atoms with van der Waals surface area (Å²) in [6, 6.07) is 13.6. The molecule has 0 aliphatic rings. The van der Waals surface area contributed by atoms with Crippen LogP contribution in [0.1, 0.15) is 24.3 Å². The molecule has 0 unspecified atom stereocenters. The third-order valence-electron chi connectivity index (χ3n) is 4.95. The Morgan fingerprint density at radius 3 is 2.25 bits per heavy atom. The molecule has 0 spiro atoms. The summed E-state index contributed by atoms with van der Waals surface area (Å²) in [7, 11) is 0. The molecule has 36 heavy (non-hydrogen) atoms. The van der Waals surface area contributed by atoms with Gasteiger partial charge in [0, 0.05) is 22.5 Å². The molecule has 0 saturated heterocycles. The molecule has 2 N–H and O–H groups in total. The minimum absolute atomic E-state index is 0.00382. The number of aromatic nitrogens is 1. The van der Waals surface area contributed by atoms with E-state index in [0.29, 0.717) is 27.8 Å². The van der Waals surface area contributed by atoms with E-state index in [1.165, 1.54) is 12.1 Å². The molecule has 0 atom stereocenters. The Morgan fingerprint density at radius 2 is 1.64 bits per heavy atom. The van der Waals surface area contributed by atoms with Crippen molar-refractivity contribution in [3.05, 3.63) is 70.3 Å². The second-order valence-corrected chi connectivity index (χ2v) is 8.70. The fourth-order valence-corrected chi connectivity index (χ4v) is 4.08. The van der Waals surface area contributed by atoms with E-state index in [2.05, 4.69) is 9.72 Å². The highest BCUT2D eigenvalue weighted by Gasteiger charge is 2.32. The molecule has 6 nitrogen and oxygen atoms in total. The third-order valence-corrected chi connectivity index (χ3v) is 5.64. The lowest BCUT2D eigenvalue weighted by atomic mass is 10.00. The lowest BCUT2D eigenvalue weighted by molar-refractivity contribution is -0.274. The van der Waals surface area contributed by atoms with Gasteiger partial charge in [0.25, 0.3) is 0 Å². The molecule has 0 aliphatic heterocycles. The molecule has 4 rings (SSSR count). The second-order valence-electron chi connectivity index (χ2n) is 7.91. The number of carboxylic acids is 1. The van der Waals surface area contributed by atoms with E-state index in [9.17, 15) is 23.1 Å². The number of nitrogens with one attached hydrogen (secondary N) is 1. The number of halogens is 5. The minimum Gasteiger partial charge on any atom is -0.491 e. The van der Waals surface area contributed by atoms with Gasteiger partial charge in [-0.25, -0.2) is 4.79 Å². The zero-order valence-electron chi connectivity index (χ0n) is 18.7. The minimum atomic E-state index is -4.95. The highest BCUT2D eigenvalue weighted by molar-refractivity contribution is 6.39. The number of benzene rings is 3. The van der Waals surface area contributed by atoms with Gasteiger partial charge >= 0.3 is 12.3 Å². The van der Waals surface area contributed by atoms with Crippen molar-refractivity contribution >= 4 is 40.1 Å². The van der Waals surface area contributed by atoms with Crippen LogP contribution in [-0.4, -0.2) is 28.5 Å². The number of H-pyrrole nitrogens is 1. The van der Waals surface area contributed by atoms with Gasteiger partial charge in [0.15, 0.2) is 5.75 Å². The molecule has 0 bridgehead atoms. The van der Waals surface area contributed by atoms with E-state index < -0.39 is 18.1 Å². The van der Waals surface area contributed by atoms with E-state index in [1.54, 1.807) is 36.4 Å².